The second-order valence-electron chi connectivity index (χ2n) is 28.2. The van der Waals surface area contributed by atoms with Gasteiger partial charge in [0.15, 0.2) is 0 Å². The zero-order chi connectivity index (χ0) is 72.1. The quantitative estimate of drug-likeness (QED) is 0.0973. The van der Waals surface area contributed by atoms with Gasteiger partial charge in [-0.05, 0) is 114 Å². The second kappa shape index (κ2) is 38.7. The summed E-state index contributed by atoms with van der Waals surface area (Å²) in [4.78, 5) is 186. The number of ether oxygens (including phenoxy) is 2. The second-order valence-corrected chi connectivity index (χ2v) is 28.2. The van der Waals surface area contributed by atoms with Crippen LogP contribution in [0.1, 0.15) is 163 Å². The molecule has 0 bridgehead atoms. The van der Waals surface area contributed by atoms with E-state index >= 15 is 19.2 Å². The Balaban J connectivity index is 3.08. The van der Waals surface area contributed by atoms with Crippen molar-refractivity contribution in [1.29, 1.82) is 0 Å². The number of hydrogen-bond donors (Lipinski definition) is 5. The maximum atomic E-state index is 15.5. The fourth-order valence-corrected chi connectivity index (χ4v) is 12.0. The van der Waals surface area contributed by atoms with Gasteiger partial charge in [-0.3, -0.25) is 62.4 Å². The Morgan fingerprint density at radius 2 is 1.00 bits per heavy atom. The van der Waals surface area contributed by atoms with E-state index in [1.807, 2.05) is 47.6 Å². The number of hydrogen-bond acceptors (Lipinski definition) is 15. The summed E-state index contributed by atoms with van der Waals surface area (Å²) in [5.41, 5.74) is 0. The summed E-state index contributed by atoms with van der Waals surface area (Å²) in [6.07, 6.45) is 3.36. The fourth-order valence-electron chi connectivity index (χ4n) is 12.0. The van der Waals surface area contributed by atoms with Crippen LogP contribution < -0.4 is 26.6 Å². The lowest BCUT2D eigenvalue weighted by Gasteiger charge is -2.42. The highest BCUT2D eigenvalue weighted by Gasteiger charge is 2.47. The number of nitrogens with one attached hydrogen (secondary N) is 5. The molecule has 11 amide bonds. The Morgan fingerprint density at radius 3 is 1.49 bits per heavy atom. The van der Waals surface area contributed by atoms with Crippen LogP contribution in [0.5, 0.6) is 0 Å². The predicted octanol–water partition coefficient (Wildman–Crippen LogP) is 3.20. The van der Waals surface area contributed by atoms with Gasteiger partial charge < -0.3 is 65.5 Å². The first-order chi connectivity index (χ1) is 43.7. The van der Waals surface area contributed by atoms with Crippen LogP contribution in [0.25, 0.3) is 0 Å². The van der Waals surface area contributed by atoms with Crippen LogP contribution in [0.3, 0.4) is 0 Å². The SMILES string of the molecule is C/C=C/C[C@@H](C)[C@@H](OC(C)=O)[C@H]1C(=O)N[C@@H](CC)C(=O)N(C)[C@H](C)C(=O)N[C@@H]([C@H](C)CCN2CCOCC2)C(=O)N[C@@H](C(C)C)C(=O)N(C)[C@@H](CC(C)C)C(=O)N[C@@H](C)C(=O)N[C@H](C)C(=O)N(C)[C@@H](CC(C)C)C(=O)N(C)[C@@H](CC(C)C)C(=O)N(C)[C@@H](C(C)C)C(=O)N1C. The van der Waals surface area contributed by atoms with Crippen molar-refractivity contribution < 1.29 is 67.0 Å². The smallest absolute Gasteiger partial charge is 0.303 e. The molecule has 2 fully saturated rings. The topological polar surface area (TPSA) is 306 Å². The van der Waals surface area contributed by atoms with Crippen molar-refractivity contribution in [2.24, 2.45) is 41.4 Å². The normalized spacial score (nSPS) is 27.5. The molecule has 0 aromatic rings. The predicted molar refractivity (Wildman–Crippen MR) is 360 cm³/mol. The third-order valence-corrected chi connectivity index (χ3v) is 18.2. The van der Waals surface area contributed by atoms with Gasteiger partial charge in [0.25, 0.3) is 0 Å². The average molecular weight is 1330 g/mol. The Morgan fingerprint density at radius 1 is 0.521 bits per heavy atom. The highest BCUT2D eigenvalue weighted by Crippen LogP contribution is 2.27. The van der Waals surface area contributed by atoms with Gasteiger partial charge in [0.2, 0.25) is 65.0 Å². The molecule has 5 N–H and O–H groups in total. The van der Waals surface area contributed by atoms with Crippen LogP contribution in [-0.2, 0) is 67.0 Å². The number of carbonyl (C=O) groups is 12. The number of morpholine rings is 1. The maximum absolute atomic E-state index is 15.5. The summed E-state index contributed by atoms with van der Waals surface area (Å²) in [5, 5.41) is 14.0. The van der Waals surface area contributed by atoms with Gasteiger partial charge in [-0.15, -0.1) is 0 Å². The molecule has 2 aliphatic heterocycles. The monoisotopic (exact) mass is 1330 g/mol. The van der Waals surface area contributed by atoms with Gasteiger partial charge >= 0.3 is 5.97 Å². The molecule has 0 saturated carbocycles. The van der Waals surface area contributed by atoms with Crippen molar-refractivity contribution in [2.75, 3.05) is 75.1 Å². The number of nitrogens with zero attached hydrogens (tertiary/aromatic N) is 7. The average Bonchev–Trinajstić information content (AvgIpc) is 0.803. The van der Waals surface area contributed by atoms with Crippen LogP contribution in [-0.4, -0.2) is 253 Å². The van der Waals surface area contributed by atoms with Gasteiger partial charge in [-0.1, -0.05) is 102 Å². The summed E-state index contributed by atoms with van der Waals surface area (Å²) in [7, 11) is 8.50. The van der Waals surface area contributed by atoms with Crippen LogP contribution in [0.15, 0.2) is 12.2 Å². The molecule has 14 atom stereocenters. The molecule has 26 heteroatoms. The highest BCUT2D eigenvalue weighted by molar-refractivity contribution is 6.00. The number of allylic oxidation sites excluding steroid dienone is 2. The van der Waals surface area contributed by atoms with E-state index in [0.717, 1.165) is 9.80 Å². The van der Waals surface area contributed by atoms with Crippen LogP contribution in [0, 0.1) is 41.4 Å². The van der Waals surface area contributed by atoms with Gasteiger partial charge in [-0.2, -0.15) is 0 Å². The molecule has 2 aliphatic rings. The van der Waals surface area contributed by atoms with E-state index < -0.39 is 167 Å². The van der Waals surface area contributed by atoms with Crippen molar-refractivity contribution in [2.45, 2.75) is 236 Å². The first-order valence-corrected chi connectivity index (χ1v) is 33.9. The molecule has 2 rings (SSSR count). The van der Waals surface area contributed by atoms with Crippen molar-refractivity contribution in [3.8, 4) is 0 Å². The van der Waals surface area contributed by atoms with E-state index in [1.165, 1.54) is 89.6 Å². The molecular formula is C68H120N12O14. The minimum absolute atomic E-state index is 0.0211. The van der Waals surface area contributed by atoms with Crippen molar-refractivity contribution in [1.82, 2.24) is 60.9 Å². The minimum Gasteiger partial charge on any atom is -0.459 e. The first kappa shape index (κ1) is 83.4. The fraction of sp³-hybridized carbons (Fsp3) is 0.794. The van der Waals surface area contributed by atoms with Crippen LogP contribution in [0.4, 0.5) is 0 Å². The van der Waals surface area contributed by atoms with E-state index in [-0.39, 0.29) is 49.9 Å². The lowest BCUT2D eigenvalue weighted by molar-refractivity contribution is -0.164. The number of esters is 1. The molecular weight excluding hydrogens is 1210 g/mol. The Hall–Kier alpha value is -6.70. The summed E-state index contributed by atoms with van der Waals surface area (Å²) in [6.45, 7) is 33.5. The van der Waals surface area contributed by atoms with Crippen LogP contribution >= 0.6 is 0 Å². The van der Waals surface area contributed by atoms with E-state index in [9.17, 15) is 38.4 Å². The molecule has 94 heavy (non-hydrogen) atoms. The molecule has 0 aliphatic carbocycles. The standard InChI is InChI=1S/C68H120N12O14/c1-25-27-28-44(14)57(94-48(18)81)56-62(86)71-49(26-2)64(88)74(19)47(17)59(83)73-54(43(13)29-30-80-31-33-93-34-32-80)61(85)72-53(41(9)10)67(91)75(20)50(35-38(3)4)60(84)69-45(15)58(82)70-46(16)63(87)76(21)51(36-39(5)6)65(89)77(22)52(37-40(7)8)66(90)78(23)55(42(11)12)68(92)79(56)24/h25,27,38-47,49-57H,26,28-37H2,1-24H3,(H,69,84)(H,70,82)(H,71,86)(H,72,85)(H,73,83)/b27-25+/t43-,44-,45+,46-,47-,49+,50+,51+,52+,53+,54+,55+,56+,57-/m1/s1. The zero-order valence-corrected chi connectivity index (χ0v) is 61.2. The summed E-state index contributed by atoms with van der Waals surface area (Å²) >= 11 is 0. The van der Waals surface area contributed by atoms with Crippen molar-refractivity contribution >= 4 is 70.9 Å². The molecule has 2 saturated heterocycles. The number of carbonyl (C=O) groups excluding carboxylic acids is 12. The third-order valence-electron chi connectivity index (χ3n) is 18.2. The first-order valence-electron chi connectivity index (χ1n) is 33.9. The van der Waals surface area contributed by atoms with Gasteiger partial charge in [0.1, 0.15) is 72.6 Å². The van der Waals surface area contributed by atoms with Crippen LogP contribution in [0.2, 0.25) is 0 Å². The lowest BCUT2D eigenvalue weighted by Crippen LogP contribution is -2.64. The molecule has 536 valence electrons. The maximum Gasteiger partial charge on any atom is 0.303 e. The van der Waals surface area contributed by atoms with Crippen molar-refractivity contribution in [3.05, 3.63) is 12.2 Å². The Bertz CT molecular complexity index is 2610. The zero-order valence-electron chi connectivity index (χ0n) is 61.2. The number of likely N-dealkylation sites (N-methyl/N-ethyl adjacent to an activating group) is 6. The highest BCUT2D eigenvalue weighted by atomic mass is 16.5. The molecule has 0 aromatic carbocycles. The number of amides is 11. The van der Waals surface area contributed by atoms with Crippen molar-refractivity contribution in [3.63, 3.8) is 0 Å². The Labute approximate surface area is 561 Å². The van der Waals surface area contributed by atoms with E-state index in [2.05, 4.69) is 31.5 Å². The largest absolute Gasteiger partial charge is 0.459 e. The molecule has 0 unspecified atom stereocenters. The number of rotatable bonds is 18. The van der Waals surface area contributed by atoms with E-state index in [0.29, 0.717) is 39.3 Å². The molecule has 0 radical (unpaired) electrons. The summed E-state index contributed by atoms with van der Waals surface area (Å²) in [6, 6.07) is -14.1. The van der Waals surface area contributed by atoms with Gasteiger partial charge in [0, 0.05) is 62.3 Å². The molecule has 2 heterocycles. The van der Waals surface area contributed by atoms with E-state index in [4.69, 9.17) is 9.47 Å². The molecule has 0 aromatic heterocycles. The lowest BCUT2D eigenvalue weighted by atomic mass is 9.91. The van der Waals surface area contributed by atoms with E-state index in [1.54, 1.807) is 61.5 Å². The van der Waals surface area contributed by atoms with Gasteiger partial charge in [0.05, 0.1) is 13.2 Å². The Kier molecular flexibility index (Phi) is 34.4. The molecule has 26 nitrogen and oxygen atoms in total. The molecule has 0 spiro atoms. The minimum atomic E-state index is -1.62. The third kappa shape index (κ3) is 23.6. The summed E-state index contributed by atoms with van der Waals surface area (Å²) in [5.74, 6) is -11.4. The van der Waals surface area contributed by atoms with Gasteiger partial charge in [-0.25, -0.2) is 0 Å². The summed E-state index contributed by atoms with van der Waals surface area (Å²) < 4.78 is 11.5.